The highest BCUT2D eigenvalue weighted by Gasteiger charge is 2.58. The lowest BCUT2D eigenvalue weighted by Gasteiger charge is -2.60. The zero-order valence-electron chi connectivity index (χ0n) is 19.5. The molecule has 0 aromatic heterocycles. The monoisotopic (exact) mass is 400 g/mol. The molecule has 2 nitrogen and oxygen atoms in total. The maximum atomic E-state index is 10.3. The van der Waals surface area contributed by atoms with Gasteiger partial charge in [0.05, 0.1) is 18.3 Å². The topological polar surface area (TPSA) is 29.5 Å². The summed E-state index contributed by atoms with van der Waals surface area (Å²) in [4.78, 5) is 0. The maximum absolute atomic E-state index is 10.3. The Bertz CT molecular complexity index is 663. The Hall–Kier alpha value is -0.600. The number of aliphatic hydroxyl groups is 1. The van der Waals surface area contributed by atoms with Gasteiger partial charge < -0.3 is 9.84 Å². The molecule has 29 heavy (non-hydrogen) atoms. The molecular weight excluding hydrogens is 356 g/mol. The van der Waals surface area contributed by atoms with Gasteiger partial charge in [-0.25, -0.2) is 0 Å². The first kappa shape index (κ1) is 21.6. The van der Waals surface area contributed by atoms with Crippen LogP contribution in [0.3, 0.4) is 0 Å². The van der Waals surface area contributed by atoms with E-state index < -0.39 is 0 Å². The van der Waals surface area contributed by atoms with Gasteiger partial charge in [0.25, 0.3) is 0 Å². The lowest BCUT2D eigenvalue weighted by atomic mass is 9.57. The minimum Gasteiger partial charge on any atom is -0.393 e. The SMILES string of the molecule is CC1=CC(C)CC2(C1)CC(C)CCC2O.CC1=CC2OC3CCC(C)CC23CC1. The third-order valence-electron chi connectivity index (χ3n) is 8.91. The van der Waals surface area contributed by atoms with E-state index in [-0.39, 0.29) is 11.5 Å². The van der Waals surface area contributed by atoms with Crippen LogP contribution in [-0.2, 0) is 4.74 Å². The van der Waals surface area contributed by atoms with E-state index in [1.165, 1.54) is 62.5 Å². The Kier molecular flexibility index (Phi) is 6.08. The summed E-state index contributed by atoms with van der Waals surface area (Å²) >= 11 is 0. The van der Waals surface area contributed by atoms with Crippen LogP contribution in [0.1, 0.15) is 98.8 Å². The molecule has 2 spiro atoms. The number of rotatable bonds is 0. The normalized spacial score (nSPS) is 48.9. The van der Waals surface area contributed by atoms with Gasteiger partial charge in [-0.15, -0.1) is 0 Å². The molecule has 3 fully saturated rings. The predicted octanol–water partition coefficient (Wildman–Crippen LogP) is 6.83. The Balaban J connectivity index is 0.000000141. The molecule has 8 atom stereocenters. The molecule has 5 rings (SSSR count). The second kappa shape index (κ2) is 8.15. The Morgan fingerprint density at radius 2 is 1.62 bits per heavy atom. The molecular formula is C27H44O2. The molecule has 2 heteroatoms. The zero-order valence-corrected chi connectivity index (χ0v) is 19.5. The molecule has 0 bridgehead atoms. The minimum atomic E-state index is -0.0557. The highest BCUT2D eigenvalue weighted by atomic mass is 16.5. The smallest absolute Gasteiger partial charge is 0.0843 e. The average Bonchev–Trinajstić information content (AvgIpc) is 2.62. The largest absolute Gasteiger partial charge is 0.393 e. The number of aliphatic hydroxyl groups excluding tert-OH is 1. The molecule has 164 valence electrons. The summed E-state index contributed by atoms with van der Waals surface area (Å²) in [6.45, 7) is 11.5. The Morgan fingerprint density at radius 1 is 0.897 bits per heavy atom. The fourth-order valence-corrected chi connectivity index (χ4v) is 7.69. The van der Waals surface area contributed by atoms with Gasteiger partial charge in [0.15, 0.2) is 0 Å². The summed E-state index contributed by atoms with van der Waals surface area (Å²) in [6, 6.07) is 0. The van der Waals surface area contributed by atoms with E-state index in [1.54, 1.807) is 0 Å². The van der Waals surface area contributed by atoms with Gasteiger partial charge in [-0.2, -0.15) is 0 Å². The molecule has 2 saturated carbocycles. The van der Waals surface area contributed by atoms with Crippen molar-refractivity contribution in [2.24, 2.45) is 28.6 Å². The molecule has 0 aromatic carbocycles. The molecule has 0 radical (unpaired) electrons. The van der Waals surface area contributed by atoms with Gasteiger partial charge in [-0.05, 0) is 95.8 Å². The maximum Gasteiger partial charge on any atom is 0.0843 e. The number of hydrogen-bond acceptors (Lipinski definition) is 2. The third kappa shape index (κ3) is 4.13. The summed E-state index contributed by atoms with van der Waals surface area (Å²) in [7, 11) is 0. The zero-order chi connectivity index (χ0) is 20.8. The summed E-state index contributed by atoms with van der Waals surface area (Å²) in [6.07, 6.45) is 18.4. The fourth-order valence-electron chi connectivity index (χ4n) is 7.69. The van der Waals surface area contributed by atoms with Crippen molar-refractivity contribution < 1.29 is 9.84 Å². The first-order valence-electron chi connectivity index (χ1n) is 12.4. The van der Waals surface area contributed by atoms with Gasteiger partial charge in [-0.1, -0.05) is 44.1 Å². The molecule has 8 unspecified atom stereocenters. The molecule has 1 saturated heterocycles. The van der Waals surface area contributed by atoms with E-state index >= 15 is 0 Å². The molecule has 4 aliphatic carbocycles. The van der Waals surface area contributed by atoms with Crippen molar-refractivity contribution in [1.29, 1.82) is 0 Å². The second-order valence-corrected chi connectivity index (χ2v) is 11.8. The van der Waals surface area contributed by atoms with Crippen LogP contribution in [0.5, 0.6) is 0 Å². The van der Waals surface area contributed by atoms with Gasteiger partial charge in [0.2, 0.25) is 0 Å². The standard InChI is InChI=1S/C14H24O.C13H20O/c1-10-4-5-13(15)14(7-10)8-11(2)6-12(3)9-14;1-9-5-6-13-8-10(2)3-4-11(13)14-12(13)7-9/h6,10-11,13,15H,4-5,7-9H2,1-3H3;7,10-12H,3-6,8H2,1-2H3. The first-order valence-corrected chi connectivity index (χ1v) is 12.4. The summed E-state index contributed by atoms with van der Waals surface area (Å²) in [5.74, 6) is 2.37. The van der Waals surface area contributed by atoms with E-state index in [0.29, 0.717) is 23.5 Å². The number of hydrogen-bond donors (Lipinski definition) is 1. The van der Waals surface area contributed by atoms with Crippen molar-refractivity contribution in [3.63, 3.8) is 0 Å². The van der Waals surface area contributed by atoms with Crippen LogP contribution in [-0.4, -0.2) is 23.4 Å². The van der Waals surface area contributed by atoms with Crippen LogP contribution < -0.4 is 0 Å². The van der Waals surface area contributed by atoms with Gasteiger partial charge in [-0.3, -0.25) is 0 Å². The van der Waals surface area contributed by atoms with Crippen molar-refractivity contribution in [1.82, 2.24) is 0 Å². The fraction of sp³-hybridized carbons (Fsp3) is 0.852. The van der Waals surface area contributed by atoms with Crippen molar-refractivity contribution in [2.45, 2.75) is 117 Å². The van der Waals surface area contributed by atoms with Crippen LogP contribution in [0.2, 0.25) is 0 Å². The summed E-state index contributed by atoms with van der Waals surface area (Å²) in [5, 5.41) is 10.3. The number of allylic oxidation sites excluding steroid dienone is 3. The summed E-state index contributed by atoms with van der Waals surface area (Å²) in [5.41, 5.74) is 3.81. The van der Waals surface area contributed by atoms with E-state index in [1.807, 2.05) is 0 Å². The van der Waals surface area contributed by atoms with E-state index in [0.717, 1.165) is 24.7 Å². The molecule has 0 aromatic rings. The van der Waals surface area contributed by atoms with E-state index in [4.69, 9.17) is 4.74 Å². The summed E-state index contributed by atoms with van der Waals surface area (Å²) < 4.78 is 5.98. The lowest BCUT2D eigenvalue weighted by molar-refractivity contribution is -0.259. The highest BCUT2D eigenvalue weighted by Crippen LogP contribution is 2.58. The van der Waals surface area contributed by atoms with Crippen LogP contribution in [0.15, 0.2) is 23.3 Å². The van der Waals surface area contributed by atoms with Crippen LogP contribution >= 0.6 is 0 Å². The third-order valence-corrected chi connectivity index (χ3v) is 8.91. The van der Waals surface area contributed by atoms with E-state index in [2.05, 4.69) is 46.8 Å². The molecule has 1 aliphatic heterocycles. The van der Waals surface area contributed by atoms with Gasteiger partial charge >= 0.3 is 0 Å². The van der Waals surface area contributed by atoms with Gasteiger partial charge in [0.1, 0.15) is 0 Å². The molecule has 0 amide bonds. The Labute approximate surface area is 179 Å². The van der Waals surface area contributed by atoms with Crippen molar-refractivity contribution >= 4 is 0 Å². The molecule has 1 heterocycles. The second-order valence-electron chi connectivity index (χ2n) is 11.8. The minimum absolute atomic E-state index is 0.0557. The van der Waals surface area contributed by atoms with Crippen LogP contribution in [0.25, 0.3) is 0 Å². The van der Waals surface area contributed by atoms with Crippen LogP contribution in [0, 0.1) is 28.6 Å². The van der Waals surface area contributed by atoms with Crippen LogP contribution in [0.4, 0.5) is 0 Å². The quantitative estimate of drug-likeness (QED) is 0.452. The first-order chi connectivity index (χ1) is 13.7. The Morgan fingerprint density at radius 3 is 2.34 bits per heavy atom. The van der Waals surface area contributed by atoms with Crippen molar-refractivity contribution in [3.05, 3.63) is 23.3 Å². The highest BCUT2D eigenvalue weighted by molar-refractivity contribution is 5.21. The van der Waals surface area contributed by atoms with Crippen molar-refractivity contribution in [3.8, 4) is 0 Å². The van der Waals surface area contributed by atoms with E-state index in [9.17, 15) is 5.11 Å². The molecule has 1 N–H and O–H groups in total. The average molecular weight is 401 g/mol. The van der Waals surface area contributed by atoms with Gasteiger partial charge in [0, 0.05) is 10.8 Å². The number of ether oxygens (including phenoxy) is 1. The van der Waals surface area contributed by atoms with Crippen molar-refractivity contribution in [2.75, 3.05) is 0 Å². The molecule has 5 aliphatic rings. The lowest BCUT2D eigenvalue weighted by Crippen LogP contribution is -2.62. The predicted molar refractivity (Wildman–Crippen MR) is 121 cm³/mol.